The van der Waals surface area contributed by atoms with Gasteiger partial charge in [-0.25, -0.2) is 0 Å². The van der Waals surface area contributed by atoms with Crippen LogP contribution in [0.2, 0.25) is 0 Å². The van der Waals surface area contributed by atoms with Crippen LogP contribution in [0.3, 0.4) is 0 Å². The lowest BCUT2D eigenvalue weighted by molar-refractivity contribution is -0.385. The molecule has 0 atom stereocenters. The lowest BCUT2D eigenvalue weighted by atomic mass is 10.1. The number of nitrogens with zero attached hydrogens (tertiary/aromatic N) is 1. The summed E-state index contributed by atoms with van der Waals surface area (Å²) in [7, 11) is 0. The van der Waals surface area contributed by atoms with Gasteiger partial charge in [0.05, 0.1) is 4.92 Å². The first-order valence-corrected chi connectivity index (χ1v) is 6.52. The molecule has 2 aromatic carbocycles. The van der Waals surface area contributed by atoms with Gasteiger partial charge in [0.2, 0.25) is 0 Å². The Kier molecular flexibility index (Phi) is 4.03. The van der Waals surface area contributed by atoms with Gasteiger partial charge < -0.3 is 5.32 Å². The number of benzene rings is 2. The molecule has 0 amide bonds. The van der Waals surface area contributed by atoms with Crippen LogP contribution in [0.5, 0.6) is 0 Å². The number of rotatable bonds is 4. The topological polar surface area (TPSA) is 55.2 Å². The first kappa shape index (κ1) is 14.1. The van der Waals surface area contributed by atoms with E-state index in [1.807, 2.05) is 6.07 Å². The average molecular weight is 270 g/mol. The fourth-order valence-electron chi connectivity index (χ4n) is 2.16. The molecule has 0 unspecified atom stereocenters. The van der Waals surface area contributed by atoms with Crippen molar-refractivity contribution in [3.05, 3.63) is 68.8 Å². The maximum atomic E-state index is 10.8. The van der Waals surface area contributed by atoms with Crippen molar-refractivity contribution in [3.8, 4) is 0 Å². The fourth-order valence-corrected chi connectivity index (χ4v) is 2.16. The first-order valence-electron chi connectivity index (χ1n) is 6.52. The van der Waals surface area contributed by atoms with Crippen LogP contribution >= 0.6 is 0 Å². The van der Waals surface area contributed by atoms with Gasteiger partial charge in [-0.15, -0.1) is 0 Å². The lowest BCUT2D eigenvalue weighted by Crippen LogP contribution is -2.02. The van der Waals surface area contributed by atoms with E-state index in [4.69, 9.17) is 0 Å². The second kappa shape index (κ2) is 5.74. The zero-order valence-electron chi connectivity index (χ0n) is 11.9. The summed E-state index contributed by atoms with van der Waals surface area (Å²) >= 11 is 0. The summed E-state index contributed by atoms with van der Waals surface area (Å²) in [6, 6.07) is 11.4. The molecule has 0 radical (unpaired) electrons. The third kappa shape index (κ3) is 3.15. The Morgan fingerprint density at radius 1 is 1.05 bits per heavy atom. The van der Waals surface area contributed by atoms with Gasteiger partial charge in [0.1, 0.15) is 0 Å². The monoisotopic (exact) mass is 270 g/mol. The molecule has 0 saturated heterocycles. The van der Waals surface area contributed by atoms with Crippen LogP contribution in [0.1, 0.15) is 22.3 Å². The highest BCUT2D eigenvalue weighted by Crippen LogP contribution is 2.22. The van der Waals surface area contributed by atoms with Gasteiger partial charge in [-0.2, -0.15) is 0 Å². The molecule has 2 aromatic rings. The predicted octanol–water partition coefficient (Wildman–Crippen LogP) is 4.13. The standard InChI is InChI=1S/C16H18N2O2/c1-11-4-5-12(2)14(8-11)10-17-15-6-7-16(18(19)20)13(3)9-15/h4-9,17H,10H2,1-3H3. The molecule has 2 rings (SSSR count). The number of nitro groups is 1. The SMILES string of the molecule is Cc1ccc(C)c(CNc2ccc([N+](=O)[O-])c(C)c2)c1. The summed E-state index contributed by atoms with van der Waals surface area (Å²) in [6.45, 7) is 6.61. The second-order valence-electron chi connectivity index (χ2n) is 5.04. The summed E-state index contributed by atoms with van der Waals surface area (Å²) in [6.07, 6.45) is 0. The van der Waals surface area contributed by atoms with Gasteiger partial charge in [0.15, 0.2) is 0 Å². The Balaban J connectivity index is 2.13. The molecule has 0 saturated carbocycles. The third-order valence-corrected chi connectivity index (χ3v) is 3.38. The van der Waals surface area contributed by atoms with E-state index in [0.29, 0.717) is 12.1 Å². The molecular weight excluding hydrogens is 252 g/mol. The molecule has 0 aliphatic rings. The maximum absolute atomic E-state index is 10.8. The molecule has 0 aliphatic carbocycles. The Morgan fingerprint density at radius 2 is 1.80 bits per heavy atom. The molecule has 4 heteroatoms. The minimum Gasteiger partial charge on any atom is -0.381 e. The highest BCUT2D eigenvalue weighted by atomic mass is 16.6. The minimum absolute atomic E-state index is 0.155. The first-order chi connectivity index (χ1) is 9.47. The molecule has 0 aromatic heterocycles. The minimum atomic E-state index is -0.357. The average Bonchev–Trinajstić information content (AvgIpc) is 2.39. The van der Waals surface area contributed by atoms with Crippen LogP contribution in [-0.4, -0.2) is 4.92 Å². The van der Waals surface area contributed by atoms with E-state index in [2.05, 4.69) is 37.4 Å². The molecule has 1 N–H and O–H groups in total. The molecule has 0 heterocycles. The van der Waals surface area contributed by atoms with E-state index < -0.39 is 0 Å². The van der Waals surface area contributed by atoms with Gasteiger partial charge >= 0.3 is 0 Å². The summed E-state index contributed by atoms with van der Waals surface area (Å²) < 4.78 is 0. The molecule has 0 aliphatic heterocycles. The molecule has 0 fully saturated rings. The van der Waals surface area contributed by atoms with E-state index in [0.717, 1.165) is 5.69 Å². The highest BCUT2D eigenvalue weighted by Gasteiger charge is 2.10. The number of hydrogen-bond donors (Lipinski definition) is 1. The Labute approximate surface area is 118 Å². The molecular formula is C16H18N2O2. The van der Waals surface area contributed by atoms with E-state index in [9.17, 15) is 10.1 Å². The van der Waals surface area contributed by atoms with Gasteiger partial charge in [-0.05, 0) is 44.0 Å². The third-order valence-electron chi connectivity index (χ3n) is 3.38. The zero-order valence-corrected chi connectivity index (χ0v) is 11.9. The maximum Gasteiger partial charge on any atom is 0.272 e. The van der Waals surface area contributed by atoms with Crippen molar-refractivity contribution >= 4 is 11.4 Å². The summed E-state index contributed by atoms with van der Waals surface area (Å²) in [5.74, 6) is 0. The van der Waals surface area contributed by atoms with Gasteiger partial charge in [0, 0.05) is 23.9 Å². The number of nitro benzene ring substituents is 1. The van der Waals surface area contributed by atoms with Gasteiger partial charge in [0.25, 0.3) is 5.69 Å². The number of aryl methyl sites for hydroxylation is 3. The largest absolute Gasteiger partial charge is 0.381 e. The van der Waals surface area contributed by atoms with Crippen LogP contribution in [0.25, 0.3) is 0 Å². The van der Waals surface area contributed by atoms with E-state index in [1.54, 1.807) is 19.1 Å². The normalized spacial score (nSPS) is 10.3. The quantitative estimate of drug-likeness (QED) is 0.671. The molecule has 20 heavy (non-hydrogen) atoms. The van der Waals surface area contributed by atoms with Crippen LogP contribution in [0, 0.1) is 30.9 Å². The summed E-state index contributed by atoms with van der Waals surface area (Å²) in [5.41, 5.74) is 5.42. The van der Waals surface area contributed by atoms with Crippen LogP contribution in [0.4, 0.5) is 11.4 Å². The summed E-state index contributed by atoms with van der Waals surface area (Å²) in [4.78, 5) is 10.4. The second-order valence-corrected chi connectivity index (χ2v) is 5.04. The van der Waals surface area contributed by atoms with Gasteiger partial charge in [-0.1, -0.05) is 23.8 Å². The highest BCUT2D eigenvalue weighted by molar-refractivity contribution is 5.54. The Hall–Kier alpha value is -2.36. The van der Waals surface area contributed by atoms with Crippen molar-refractivity contribution in [2.45, 2.75) is 27.3 Å². The van der Waals surface area contributed by atoms with Crippen molar-refractivity contribution < 1.29 is 4.92 Å². The van der Waals surface area contributed by atoms with Crippen molar-refractivity contribution in [3.63, 3.8) is 0 Å². The Morgan fingerprint density at radius 3 is 2.45 bits per heavy atom. The number of anilines is 1. The van der Waals surface area contributed by atoms with E-state index in [-0.39, 0.29) is 10.6 Å². The van der Waals surface area contributed by atoms with Crippen LogP contribution < -0.4 is 5.32 Å². The Bertz CT molecular complexity index is 651. The molecule has 0 bridgehead atoms. The summed E-state index contributed by atoms with van der Waals surface area (Å²) in [5, 5.41) is 14.1. The lowest BCUT2D eigenvalue weighted by Gasteiger charge is -2.10. The number of hydrogen-bond acceptors (Lipinski definition) is 3. The predicted molar refractivity (Wildman–Crippen MR) is 81.1 cm³/mol. The number of nitrogens with one attached hydrogen (secondary N) is 1. The van der Waals surface area contributed by atoms with E-state index in [1.165, 1.54) is 16.7 Å². The fraction of sp³-hybridized carbons (Fsp3) is 0.250. The molecule has 104 valence electrons. The van der Waals surface area contributed by atoms with Crippen LogP contribution in [-0.2, 0) is 6.54 Å². The zero-order chi connectivity index (χ0) is 14.7. The molecule has 0 spiro atoms. The van der Waals surface area contributed by atoms with Crippen LogP contribution in [0.15, 0.2) is 36.4 Å². The van der Waals surface area contributed by atoms with Crippen molar-refractivity contribution in [2.75, 3.05) is 5.32 Å². The van der Waals surface area contributed by atoms with Crippen molar-refractivity contribution in [1.29, 1.82) is 0 Å². The van der Waals surface area contributed by atoms with Gasteiger partial charge in [-0.3, -0.25) is 10.1 Å². The van der Waals surface area contributed by atoms with E-state index >= 15 is 0 Å². The van der Waals surface area contributed by atoms with Crippen molar-refractivity contribution in [1.82, 2.24) is 0 Å². The molecule has 4 nitrogen and oxygen atoms in total. The smallest absolute Gasteiger partial charge is 0.272 e. The van der Waals surface area contributed by atoms with Crippen molar-refractivity contribution in [2.24, 2.45) is 0 Å².